The molecule has 1 rings (SSSR count). The number of hydrazine groups is 1. The molecule has 0 saturated heterocycles. The second-order valence-corrected chi connectivity index (χ2v) is 11.7. The molecule has 0 radical (unpaired) electrons. The Morgan fingerprint density at radius 3 is 1.95 bits per heavy atom. The number of aliphatic imine (C=N–C) groups is 1. The van der Waals surface area contributed by atoms with Gasteiger partial charge in [-0.05, 0) is 80.0 Å². The fourth-order valence-electron chi connectivity index (χ4n) is 2.56. The Balaban J connectivity index is 2.71. The third kappa shape index (κ3) is 16.1. The predicted molar refractivity (Wildman–Crippen MR) is 150 cm³/mol. The van der Waals surface area contributed by atoms with E-state index in [1.165, 1.54) is 0 Å². The van der Waals surface area contributed by atoms with Gasteiger partial charge >= 0.3 is 18.2 Å². The first-order chi connectivity index (χ1) is 18.2. The molecular formula is C26H43N7O7. The molecule has 0 saturated carbocycles. The highest BCUT2D eigenvalue weighted by Gasteiger charge is 2.21. The van der Waals surface area contributed by atoms with Gasteiger partial charge in [-0.25, -0.2) is 19.8 Å². The van der Waals surface area contributed by atoms with Crippen LogP contribution in [0.4, 0.5) is 20.1 Å². The third-order valence-corrected chi connectivity index (χ3v) is 4.22. The highest BCUT2D eigenvalue weighted by molar-refractivity contribution is 6.06. The van der Waals surface area contributed by atoms with Gasteiger partial charge in [-0.15, -0.1) is 4.99 Å². The van der Waals surface area contributed by atoms with E-state index in [0.29, 0.717) is 11.3 Å². The van der Waals surface area contributed by atoms with Crippen molar-refractivity contribution < 1.29 is 33.4 Å². The molecule has 1 aromatic carbocycles. The Bertz CT molecular complexity index is 1050. The lowest BCUT2D eigenvalue weighted by Crippen LogP contribution is -2.53. The number of nitrogens with one attached hydrogen (secondary N) is 5. The van der Waals surface area contributed by atoms with Gasteiger partial charge in [0.15, 0.2) is 0 Å². The van der Waals surface area contributed by atoms with Crippen molar-refractivity contribution in [2.24, 2.45) is 10.7 Å². The molecule has 1 aromatic rings. The van der Waals surface area contributed by atoms with E-state index in [2.05, 4.69) is 31.8 Å². The first kappa shape index (κ1) is 34.1. The van der Waals surface area contributed by atoms with E-state index >= 15 is 0 Å². The Morgan fingerprint density at radius 1 is 0.850 bits per heavy atom. The van der Waals surface area contributed by atoms with E-state index in [0.717, 1.165) is 0 Å². The Hall–Kier alpha value is -3.91. The average Bonchev–Trinajstić information content (AvgIpc) is 2.77. The Kier molecular flexibility index (Phi) is 12.3. The maximum Gasteiger partial charge on any atom is 0.437 e. The van der Waals surface area contributed by atoms with E-state index in [9.17, 15) is 19.2 Å². The summed E-state index contributed by atoms with van der Waals surface area (Å²) in [5.74, 6) is -0.797. The summed E-state index contributed by atoms with van der Waals surface area (Å²) in [6.45, 7) is 15.8. The topological polar surface area (TPSA) is 194 Å². The first-order valence-corrected chi connectivity index (χ1v) is 12.6. The second kappa shape index (κ2) is 14.5. The number of anilines is 1. The van der Waals surface area contributed by atoms with Crippen LogP contribution < -0.4 is 32.5 Å². The second-order valence-electron chi connectivity index (χ2n) is 11.7. The Morgan fingerprint density at radius 2 is 1.43 bits per heavy atom. The smallest absolute Gasteiger partial charge is 0.437 e. The lowest BCUT2D eigenvalue weighted by Gasteiger charge is -2.22. The van der Waals surface area contributed by atoms with Crippen LogP contribution in [0.2, 0.25) is 0 Å². The zero-order chi connectivity index (χ0) is 30.7. The molecule has 0 bridgehead atoms. The van der Waals surface area contributed by atoms with E-state index in [-0.39, 0.29) is 19.1 Å². The fourth-order valence-corrected chi connectivity index (χ4v) is 2.56. The zero-order valence-electron chi connectivity index (χ0n) is 24.7. The van der Waals surface area contributed by atoms with Crippen LogP contribution in [0.5, 0.6) is 0 Å². The molecule has 0 unspecified atom stereocenters. The maximum absolute atomic E-state index is 12.2. The highest BCUT2D eigenvalue weighted by atomic mass is 16.6. The number of benzene rings is 1. The van der Waals surface area contributed by atoms with E-state index < -0.39 is 47.0 Å². The van der Waals surface area contributed by atoms with Crippen LogP contribution in [0.3, 0.4) is 0 Å². The van der Waals surface area contributed by atoms with E-state index in [1.807, 2.05) is 20.8 Å². The number of ether oxygens (including phenoxy) is 3. The quantitative estimate of drug-likeness (QED) is 0.171. The van der Waals surface area contributed by atoms with Gasteiger partial charge in [-0.2, -0.15) is 0 Å². The monoisotopic (exact) mass is 565 g/mol. The van der Waals surface area contributed by atoms with Crippen molar-refractivity contribution in [3.05, 3.63) is 29.8 Å². The van der Waals surface area contributed by atoms with Crippen LogP contribution in [0.1, 0.15) is 67.9 Å². The molecule has 7 N–H and O–H groups in total. The molecule has 0 fully saturated rings. The molecule has 0 heterocycles. The summed E-state index contributed by atoms with van der Waals surface area (Å²) in [4.78, 5) is 52.3. The van der Waals surface area contributed by atoms with Crippen molar-refractivity contribution in [2.75, 3.05) is 11.9 Å². The molecule has 0 aliphatic rings. The summed E-state index contributed by atoms with van der Waals surface area (Å²) in [5.41, 5.74) is 9.41. The van der Waals surface area contributed by atoms with Gasteiger partial charge < -0.3 is 30.6 Å². The van der Waals surface area contributed by atoms with E-state index in [4.69, 9.17) is 19.9 Å². The van der Waals surface area contributed by atoms with Gasteiger partial charge in [-0.3, -0.25) is 15.5 Å². The molecule has 1 atom stereocenters. The minimum atomic E-state index is -0.951. The van der Waals surface area contributed by atoms with Gasteiger partial charge in [0.05, 0.1) is 12.2 Å². The molecule has 0 aliphatic heterocycles. The number of guanidine groups is 1. The number of nitrogens with two attached hydrogens (primary N) is 1. The minimum Gasteiger partial charge on any atom is -0.444 e. The maximum atomic E-state index is 12.2. The average molecular weight is 566 g/mol. The van der Waals surface area contributed by atoms with Gasteiger partial charge in [0.2, 0.25) is 5.96 Å². The number of amides is 5. The lowest BCUT2D eigenvalue weighted by molar-refractivity contribution is -0.125. The van der Waals surface area contributed by atoms with Gasteiger partial charge in [-0.1, -0.05) is 12.1 Å². The van der Waals surface area contributed by atoms with Crippen molar-refractivity contribution in [1.29, 1.82) is 0 Å². The van der Waals surface area contributed by atoms with Crippen molar-refractivity contribution in [3.8, 4) is 0 Å². The summed E-state index contributed by atoms with van der Waals surface area (Å²) in [6, 6.07) is 5.08. The van der Waals surface area contributed by atoms with Crippen molar-refractivity contribution in [3.63, 3.8) is 0 Å². The van der Waals surface area contributed by atoms with Crippen LogP contribution in [-0.4, -0.2) is 59.5 Å². The summed E-state index contributed by atoms with van der Waals surface area (Å²) in [5, 5.41) is 7.82. The van der Waals surface area contributed by atoms with Crippen LogP contribution in [-0.2, 0) is 25.5 Å². The van der Waals surface area contributed by atoms with Crippen LogP contribution in [0.25, 0.3) is 0 Å². The molecule has 40 heavy (non-hydrogen) atoms. The lowest BCUT2D eigenvalue weighted by atomic mass is 10.2. The van der Waals surface area contributed by atoms with Gasteiger partial charge in [0, 0.05) is 12.2 Å². The number of carbonyl (C=O) groups is 4. The molecule has 5 amide bonds. The number of nitrogens with zero attached hydrogens (tertiary/aromatic N) is 1. The molecule has 14 heteroatoms. The minimum absolute atomic E-state index is 0.00346. The van der Waals surface area contributed by atoms with Crippen molar-refractivity contribution in [1.82, 2.24) is 21.5 Å². The van der Waals surface area contributed by atoms with Crippen LogP contribution >= 0.6 is 0 Å². The van der Waals surface area contributed by atoms with E-state index in [1.54, 1.807) is 65.8 Å². The standard InChI is InChI=1S/C26H43N7O7/c1-24(2,3)38-15-18(27)19(34)32-33-21(35)28-14-16-10-12-17(13-11-16)29-20(30-22(36)39-25(4,5)6)31-23(37)40-26(7,8)9/h10-13,18H,14-15,27H2,1-9H3,(H,32,34)(H2,28,33,35)(H2,29,30,31,36,37)/t18-/m1/s1. The molecule has 0 aromatic heterocycles. The summed E-state index contributed by atoms with van der Waals surface area (Å²) in [7, 11) is 0. The van der Waals surface area contributed by atoms with Crippen molar-refractivity contribution >= 4 is 35.8 Å². The third-order valence-electron chi connectivity index (χ3n) is 4.22. The SMILES string of the molecule is CC(C)(C)OC[C@@H](N)C(=O)NNC(=O)NCc1ccc(N/C(=N/C(=O)OC(C)(C)C)NC(=O)OC(C)(C)C)cc1. The number of hydrogen-bond acceptors (Lipinski definition) is 8. The zero-order valence-corrected chi connectivity index (χ0v) is 24.7. The van der Waals surface area contributed by atoms with Crippen LogP contribution in [0.15, 0.2) is 29.3 Å². The van der Waals surface area contributed by atoms with Crippen LogP contribution in [0, 0.1) is 0 Å². The van der Waals surface area contributed by atoms with Gasteiger partial charge in [0.25, 0.3) is 5.91 Å². The highest BCUT2D eigenvalue weighted by Crippen LogP contribution is 2.12. The van der Waals surface area contributed by atoms with Gasteiger partial charge in [0.1, 0.15) is 17.2 Å². The predicted octanol–water partition coefficient (Wildman–Crippen LogP) is 2.89. The largest absolute Gasteiger partial charge is 0.444 e. The molecule has 224 valence electrons. The van der Waals surface area contributed by atoms with Crippen molar-refractivity contribution in [2.45, 2.75) is 91.7 Å². The number of rotatable bonds is 6. The normalized spacial score (nSPS) is 13.0. The molecule has 0 aliphatic carbocycles. The number of hydrogen-bond donors (Lipinski definition) is 6. The number of urea groups is 1. The number of alkyl carbamates (subject to hydrolysis) is 1. The summed E-state index contributed by atoms with van der Waals surface area (Å²) < 4.78 is 15.9. The first-order valence-electron chi connectivity index (χ1n) is 12.6. The Labute approximate surface area is 235 Å². The molecule has 14 nitrogen and oxygen atoms in total. The molecule has 0 spiro atoms. The number of carbonyl (C=O) groups excluding carboxylic acids is 4. The molecular weight excluding hydrogens is 522 g/mol. The fraction of sp³-hybridized carbons (Fsp3) is 0.577. The summed E-state index contributed by atoms with van der Waals surface area (Å²) >= 11 is 0. The summed E-state index contributed by atoms with van der Waals surface area (Å²) in [6.07, 6.45) is -1.73.